The van der Waals surface area contributed by atoms with Gasteiger partial charge in [0.2, 0.25) is 4.80 Å². The number of ether oxygens (including phenoxy) is 1. The lowest BCUT2D eigenvalue weighted by Crippen LogP contribution is -2.22. The third kappa shape index (κ3) is 3.96. The van der Waals surface area contributed by atoms with E-state index in [1.165, 1.54) is 30.6 Å². The zero-order chi connectivity index (χ0) is 19.8. The average molecular weight is 405 g/mol. The number of aryl methyl sites for hydroxylation is 3. The molecular weight excluding hydrogens is 384 g/mol. The average Bonchev–Trinajstić information content (AvgIpc) is 2.91. The lowest BCUT2D eigenvalue weighted by molar-refractivity contribution is -0.141. The van der Waals surface area contributed by atoms with Crippen LogP contribution in [0.4, 0.5) is 0 Å². The van der Waals surface area contributed by atoms with Crippen molar-refractivity contribution in [3.63, 3.8) is 0 Å². The highest BCUT2D eigenvalue weighted by atomic mass is 32.2. The van der Waals surface area contributed by atoms with Gasteiger partial charge in [-0.05, 0) is 56.2 Å². The number of thiazole rings is 1. The molecule has 8 heteroatoms. The SMILES string of the molecule is COC(=O)Cn1c(=NS(=O)(=O)c2ccc(C)cc2)sc2cc(C)c(C)cc21. The van der Waals surface area contributed by atoms with Crippen LogP contribution >= 0.6 is 11.3 Å². The van der Waals surface area contributed by atoms with E-state index in [0.29, 0.717) is 0 Å². The Morgan fingerprint density at radius 2 is 1.74 bits per heavy atom. The highest BCUT2D eigenvalue weighted by Gasteiger charge is 2.16. The zero-order valence-electron chi connectivity index (χ0n) is 15.5. The van der Waals surface area contributed by atoms with Crippen LogP contribution in [-0.2, 0) is 26.1 Å². The van der Waals surface area contributed by atoms with Gasteiger partial charge in [-0.1, -0.05) is 29.0 Å². The van der Waals surface area contributed by atoms with E-state index in [1.807, 2.05) is 32.9 Å². The molecule has 0 spiro atoms. The molecule has 2 aromatic carbocycles. The third-order valence-corrected chi connectivity index (χ3v) is 6.77. The van der Waals surface area contributed by atoms with Crippen molar-refractivity contribution in [3.8, 4) is 0 Å². The van der Waals surface area contributed by atoms with Crippen molar-refractivity contribution in [1.29, 1.82) is 0 Å². The summed E-state index contributed by atoms with van der Waals surface area (Å²) in [5.41, 5.74) is 3.85. The molecule has 142 valence electrons. The topological polar surface area (TPSA) is 77.7 Å². The minimum absolute atomic E-state index is 0.110. The molecule has 0 unspecified atom stereocenters. The molecular formula is C19H20N2O4S2. The summed E-state index contributed by atoms with van der Waals surface area (Å²) in [5.74, 6) is -0.470. The molecule has 0 saturated heterocycles. The number of methoxy groups -OCH3 is 1. The van der Waals surface area contributed by atoms with Gasteiger partial charge in [-0.25, -0.2) is 0 Å². The number of carbonyl (C=O) groups excluding carboxylic acids is 1. The molecule has 0 N–H and O–H groups in total. The standard InChI is InChI=1S/C19H20N2O4S2/c1-12-5-7-15(8-6-12)27(23,24)20-19-21(11-18(22)25-4)16-9-13(2)14(3)10-17(16)26-19/h5-10H,11H2,1-4H3. The summed E-state index contributed by atoms with van der Waals surface area (Å²) in [5, 5.41) is 0. The number of rotatable bonds is 4. The molecule has 0 radical (unpaired) electrons. The van der Waals surface area contributed by atoms with Crippen molar-refractivity contribution < 1.29 is 17.9 Å². The van der Waals surface area contributed by atoms with Crippen molar-refractivity contribution in [3.05, 3.63) is 57.9 Å². The van der Waals surface area contributed by atoms with Crippen LogP contribution in [0.25, 0.3) is 10.2 Å². The van der Waals surface area contributed by atoms with E-state index in [-0.39, 0.29) is 16.2 Å². The largest absolute Gasteiger partial charge is 0.468 e. The number of hydrogen-bond donors (Lipinski definition) is 0. The quantitative estimate of drug-likeness (QED) is 0.626. The molecule has 27 heavy (non-hydrogen) atoms. The smallest absolute Gasteiger partial charge is 0.325 e. The molecule has 1 aromatic heterocycles. The predicted molar refractivity (Wildman–Crippen MR) is 105 cm³/mol. The molecule has 0 amide bonds. The lowest BCUT2D eigenvalue weighted by atomic mass is 10.1. The van der Waals surface area contributed by atoms with Crippen LogP contribution in [0.5, 0.6) is 0 Å². The monoisotopic (exact) mass is 404 g/mol. The minimum atomic E-state index is -3.90. The van der Waals surface area contributed by atoms with Gasteiger partial charge in [0.05, 0.1) is 22.2 Å². The molecule has 0 fully saturated rings. The summed E-state index contributed by atoms with van der Waals surface area (Å²) in [6.45, 7) is 5.73. The van der Waals surface area contributed by atoms with E-state index < -0.39 is 16.0 Å². The summed E-state index contributed by atoms with van der Waals surface area (Å²) >= 11 is 1.23. The zero-order valence-corrected chi connectivity index (χ0v) is 17.1. The molecule has 0 atom stereocenters. The molecule has 6 nitrogen and oxygen atoms in total. The van der Waals surface area contributed by atoms with E-state index in [0.717, 1.165) is 26.9 Å². The number of hydrogen-bond acceptors (Lipinski definition) is 5. The second-order valence-electron chi connectivity index (χ2n) is 6.33. The van der Waals surface area contributed by atoms with E-state index in [1.54, 1.807) is 16.7 Å². The van der Waals surface area contributed by atoms with Crippen molar-refractivity contribution in [1.82, 2.24) is 4.57 Å². The molecule has 0 aliphatic carbocycles. The maximum absolute atomic E-state index is 12.7. The second kappa shape index (κ2) is 7.28. The second-order valence-corrected chi connectivity index (χ2v) is 8.94. The molecule has 0 bridgehead atoms. The van der Waals surface area contributed by atoms with Gasteiger partial charge in [0.15, 0.2) is 0 Å². The van der Waals surface area contributed by atoms with Crippen LogP contribution < -0.4 is 4.80 Å². The number of sulfonamides is 1. The van der Waals surface area contributed by atoms with Gasteiger partial charge < -0.3 is 9.30 Å². The van der Waals surface area contributed by atoms with Gasteiger partial charge in [0, 0.05) is 0 Å². The van der Waals surface area contributed by atoms with Crippen LogP contribution in [0.15, 0.2) is 45.7 Å². The van der Waals surface area contributed by atoms with Crippen LogP contribution in [-0.4, -0.2) is 26.1 Å². The molecule has 3 aromatic rings. The van der Waals surface area contributed by atoms with Gasteiger partial charge in [0.25, 0.3) is 10.0 Å². The Bertz CT molecular complexity index is 1190. The maximum atomic E-state index is 12.7. The van der Waals surface area contributed by atoms with Gasteiger partial charge in [-0.15, -0.1) is 4.40 Å². The van der Waals surface area contributed by atoms with Crippen LogP contribution in [0.2, 0.25) is 0 Å². The normalized spacial score (nSPS) is 12.5. The fourth-order valence-electron chi connectivity index (χ4n) is 2.60. The first-order valence-corrected chi connectivity index (χ1v) is 10.5. The number of nitrogens with zero attached hydrogens (tertiary/aromatic N) is 2. The molecule has 1 heterocycles. The Hall–Kier alpha value is -2.45. The van der Waals surface area contributed by atoms with Gasteiger partial charge in [-0.3, -0.25) is 4.79 Å². The van der Waals surface area contributed by atoms with E-state index in [9.17, 15) is 13.2 Å². The molecule has 3 rings (SSSR count). The highest BCUT2D eigenvalue weighted by molar-refractivity contribution is 7.90. The fourth-order valence-corrected chi connectivity index (χ4v) is 4.92. The van der Waals surface area contributed by atoms with E-state index in [4.69, 9.17) is 4.74 Å². The van der Waals surface area contributed by atoms with Crippen LogP contribution in [0, 0.1) is 20.8 Å². The van der Waals surface area contributed by atoms with Crippen LogP contribution in [0.1, 0.15) is 16.7 Å². The highest BCUT2D eigenvalue weighted by Crippen LogP contribution is 2.23. The Morgan fingerprint density at radius 1 is 1.11 bits per heavy atom. The number of aromatic nitrogens is 1. The summed E-state index contributed by atoms with van der Waals surface area (Å²) < 4.78 is 36.7. The fraction of sp³-hybridized carbons (Fsp3) is 0.263. The molecule has 0 aliphatic heterocycles. The minimum Gasteiger partial charge on any atom is -0.468 e. The predicted octanol–water partition coefficient (Wildman–Crippen LogP) is 3.09. The van der Waals surface area contributed by atoms with Gasteiger partial charge in [-0.2, -0.15) is 8.42 Å². The van der Waals surface area contributed by atoms with Crippen molar-refractivity contribution in [2.24, 2.45) is 4.40 Å². The van der Waals surface area contributed by atoms with Gasteiger partial charge >= 0.3 is 5.97 Å². The summed E-state index contributed by atoms with van der Waals surface area (Å²) in [7, 11) is -2.60. The third-order valence-electron chi connectivity index (χ3n) is 4.33. The number of carbonyl (C=O) groups is 1. The number of benzene rings is 2. The Kier molecular flexibility index (Phi) is 5.21. The number of esters is 1. The van der Waals surface area contributed by atoms with Gasteiger partial charge in [0.1, 0.15) is 6.54 Å². The lowest BCUT2D eigenvalue weighted by Gasteiger charge is -2.06. The maximum Gasteiger partial charge on any atom is 0.325 e. The summed E-state index contributed by atoms with van der Waals surface area (Å²) in [4.78, 5) is 12.2. The Morgan fingerprint density at radius 3 is 2.37 bits per heavy atom. The Balaban J connectivity index is 2.25. The van der Waals surface area contributed by atoms with Crippen LogP contribution in [0.3, 0.4) is 0 Å². The summed E-state index contributed by atoms with van der Waals surface area (Å²) in [6, 6.07) is 10.4. The van der Waals surface area contributed by atoms with Crippen molar-refractivity contribution in [2.45, 2.75) is 32.2 Å². The van der Waals surface area contributed by atoms with E-state index >= 15 is 0 Å². The van der Waals surface area contributed by atoms with Crippen molar-refractivity contribution in [2.75, 3.05) is 7.11 Å². The van der Waals surface area contributed by atoms with Crippen molar-refractivity contribution >= 4 is 37.5 Å². The molecule has 0 saturated carbocycles. The molecule has 0 aliphatic rings. The first-order valence-electron chi connectivity index (χ1n) is 8.26. The summed E-state index contributed by atoms with van der Waals surface area (Å²) in [6.07, 6.45) is 0. The first kappa shape index (κ1) is 19.3. The Labute approximate surface area is 161 Å². The van der Waals surface area contributed by atoms with E-state index in [2.05, 4.69) is 4.40 Å². The first-order chi connectivity index (χ1) is 12.7. The number of fused-ring (bicyclic) bond motifs is 1.